The number of hydrogen-bond donors (Lipinski definition) is 0. The zero-order chi connectivity index (χ0) is 15.0. The van der Waals surface area contributed by atoms with E-state index in [-0.39, 0.29) is 7.43 Å². The van der Waals surface area contributed by atoms with E-state index in [1.165, 1.54) is 23.1 Å². The Hall–Kier alpha value is -1.56. The molecular formula is C21H32. The molecule has 0 aliphatic rings. The van der Waals surface area contributed by atoms with Gasteiger partial charge in [-0.1, -0.05) is 103 Å². The predicted molar refractivity (Wildman–Crippen MR) is 97.8 cm³/mol. The fourth-order valence-electron chi connectivity index (χ4n) is 2.29. The van der Waals surface area contributed by atoms with E-state index in [0.29, 0.717) is 5.92 Å². The van der Waals surface area contributed by atoms with Crippen LogP contribution in [0.2, 0.25) is 0 Å². The van der Waals surface area contributed by atoms with E-state index in [0.717, 1.165) is 5.92 Å². The molecule has 116 valence electrons. The van der Waals surface area contributed by atoms with Gasteiger partial charge in [0.1, 0.15) is 0 Å². The summed E-state index contributed by atoms with van der Waals surface area (Å²) < 4.78 is 0. The highest BCUT2D eigenvalue weighted by Gasteiger charge is 2.12. The lowest BCUT2D eigenvalue weighted by Crippen LogP contribution is -2.04. The Kier molecular flexibility index (Phi) is 9.45. The third kappa shape index (κ3) is 5.38. The van der Waals surface area contributed by atoms with Gasteiger partial charge < -0.3 is 0 Å². The molecule has 2 aromatic carbocycles. The van der Waals surface area contributed by atoms with E-state index >= 15 is 0 Å². The van der Waals surface area contributed by atoms with Gasteiger partial charge in [0, 0.05) is 0 Å². The predicted octanol–water partition coefficient (Wildman–Crippen LogP) is 7.17. The van der Waals surface area contributed by atoms with Crippen molar-refractivity contribution in [3.8, 4) is 11.1 Å². The second-order valence-corrected chi connectivity index (χ2v) is 5.16. The second-order valence-electron chi connectivity index (χ2n) is 5.16. The van der Waals surface area contributed by atoms with Crippen molar-refractivity contribution in [3.05, 3.63) is 60.2 Å². The van der Waals surface area contributed by atoms with Crippen molar-refractivity contribution in [2.24, 2.45) is 5.92 Å². The molecule has 0 bridgehead atoms. The average Bonchev–Trinajstić information content (AvgIpc) is 2.56. The molecule has 0 aliphatic heterocycles. The molecule has 0 aromatic heterocycles. The maximum Gasteiger partial charge on any atom is -0.0165 e. The topological polar surface area (TPSA) is 0 Å². The van der Waals surface area contributed by atoms with Crippen molar-refractivity contribution in [2.45, 2.75) is 54.4 Å². The van der Waals surface area contributed by atoms with Crippen LogP contribution in [0, 0.1) is 5.92 Å². The van der Waals surface area contributed by atoms with Crippen LogP contribution in [0.5, 0.6) is 0 Å². The maximum absolute atomic E-state index is 2.33. The molecule has 2 aromatic rings. The summed E-state index contributed by atoms with van der Waals surface area (Å²) in [7, 11) is 0. The molecule has 0 spiro atoms. The largest absolute Gasteiger partial charge is 0.0776 e. The average molecular weight is 284 g/mol. The Balaban J connectivity index is 0.00000128. The Morgan fingerprint density at radius 3 is 1.71 bits per heavy atom. The molecule has 0 aliphatic carbocycles. The fraction of sp³-hybridized carbons (Fsp3) is 0.429. The van der Waals surface area contributed by atoms with E-state index < -0.39 is 0 Å². The quantitative estimate of drug-likeness (QED) is 0.558. The minimum absolute atomic E-state index is 0. The van der Waals surface area contributed by atoms with Crippen LogP contribution < -0.4 is 0 Å². The monoisotopic (exact) mass is 284 g/mol. The van der Waals surface area contributed by atoms with Gasteiger partial charge in [-0.25, -0.2) is 0 Å². The lowest BCUT2D eigenvalue weighted by atomic mass is 9.86. The first-order valence-electron chi connectivity index (χ1n) is 7.87. The van der Waals surface area contributed by atoms with E-state index in [1.807, 2.05) is 13.8 Å². The highest BCUT2D eigenvalue weighted by molar-refractivity contribution is 5.63. The van der Waals surface area contributed by atoms with Crippen LogP contribution in [0.15, 0.2) is 54.6 Å². The first kappa shape index (κ1) is 19.4. The summed E-state index contributed by atoms with van der Waals surface area (Å²) in [6.45, 7) is 10.9. The number of hydrogen-bond acceptors (Lipinski definition) is 0. The Morgan fingerprint density at radius 2 is 1.24 bits per heavy atom. The summed E-state index contributed by atoms with van der Waals surface area (Å²) in [5.41, 5.74) is 4.04. The summed E-state index contributed by atoms with van der Waals surface area (Å²) >= 11 is 0. The Morgan fingerprint density at radius 1 is 0.762 bits per heavy atom. The molecule has 0 heteroatoms. The van der Waals surface area contributed by atoms with Crippen LogP contribution >= 0.6 is 0 Å². The van der Waals surface area contributed by atoms with Crippen LogP contribution in [0.25, 0.3) is 11.1 Å². The smallest absolute Gasteiger partial charge is 0.0165 e. The van der Waals surface area contributed by atoms with Gasteiger partial charge in [-0.3, -0.25) is 0 Å². The zero-order valence-electron chi connectivity index (χ0n) is 13.6. The summed E-state index contributed by atoms with van der Waals surface area (Å²) in [6, 6.07) is 19.6. The molecule has 0 nitrogen and oxygen atoms in total. The van der Waals surface area contributed by atoms with Gasteiger partial charge in [0.15, 0.2) is 0 Å². The summed E-state index contributed by atoms with van der Waals surface area (Å²) in [4.78, 5) is 0. The van der Waals surface area contributed by atoms with Crippen LogP contribution in [-0.4, -0.2) is 0 Å². The van der Waals surface area contributed by atoms with Crippen molar-refractivity contribution in [3.63, 3.8) is 0 Å². The number of benzene rings is 2. The minimum atomic E-state index is 0. The van der Waals surface area contributed by atoms with Crippen LogP contribution in [-0.2, 0) is 0 Å². The van der Waals surface area contributed by atoms with Crippen molar-refractivity contribution < 1.29 is 0 Å². The molecule has 2 atom stereocenters. The zero-order valence-corrected chi connectivity index (χ0v) is 13.6. The summed E-state index contributed by atoms with van der Waals surface area (Å²) in [5.74, 6) is 1.38. The standard InChI is InChI=1S/C18H22.C2H6.CH4/c1-4-14(2)15(3)16-10-12-18(13-11-16)17-8-6-5-7-9-17;1-2;/h5-15H,4H2,1-3H3;1-2H3;1H4. The maximum atomic E-state index is 2.33. The molecule has 0 saturated heterocycles. The van der Waals surface area contributed by atoms with Gasteiger partial charge in [-0.2, -0.15) is 0 Å². The van der Waals surface area contributed by atoms with Crippen LogP contribution in [0.1, 0.15) is 59.9 Å². The summed E-state index contributed by atoms with van der Waals surface area (Å²) in [5, 5.41) is 0. The SMILES string of the molecule is C.CC.CCC(C)C(C)c1ccc(-c2ccccc2)cc1. The van der Waals surface area contributed by atoms with E-state index in [2.05, 4.69) is 75.4 Å². The molecule has 0 radical (unpaired) electrons. The molecule has 2 unspecified atom stereocenters. The Labute approximate surface area is 132 Å². The lowest BCUT2D eigenvalue weighted by molar-refractivity contribution is 0.473. The number of rotatable bonds is 4. The first-order valence-corrected chi connectivity index (χ1v) is 7.87. The van der Waals surface area contributed by atoms with Crippen molar-refractivity contribution in [1.82, 2.24) is 0 Å². The van der Waals surface area contributed by atoms with Crippen molar-refractivity contribution in [2.75, 3.05) is 0 Å². The summed E-state index contributed by atoms with van der Waals surface area (Å²) in [6.07, 6.45) is 1.24. The van der Waals surface area contributed by atoms with Gasteiger partial charge in [-0.15, -0.1) is 0 Å². The molecule has 0 heterocycles. The van der Waals surface area contributed by atoms with Gasteiger partial charge in [0.25, 0.3) is 0 Å². The normalized spacial score (nSPS) is 12.4. The molecule has 2 rings (SSSR count). The molecule has 0 N–H and O–H groups in total. The highest BCUT2D eigenvalue weighted by Crippen LogP contribution is 2.28. The highest BCUT2D eigenvalue weighted by atomic mass is 14.2. The minimum Gasteiger partial charge on any atom is -0.0776 e. The van der Waals surface area contributed by atoms with E-state index in [9.17, 15) is 0 Å². The third-order valence-electron chi connectivity index (χ3n) is 4.04. The van der Waals surface area contributed by atoms with Gasteiger partial charge >= 0.3 is 0 Å². The van der Waals surface area contributed by atoms with E-state index in [1.54, 1.807) is 0 Å². The lowest BCUT2D eigenvalue weighted by Gasteiger charge is -2.19. The second kappa shape index (κ2) is 10.2. The first-order chi connectivity index (χ1) is 9.72. The van der Waals surface area contributed by atoms with Crippen molar-refractivity contribution >= 4 is 0 Å². The van der Waals surface area contributed by atoms with Crippen molar-refractivity contribution in [1.29, 1.82) is 0 Å². The Bertz CT molecular complexity index is 467. The van der Waals surface area contributed by atoms with Crippen LogP contribution in [0.3, 0.4) is 0 Å². The molecule has 0 amide bonds. The van der Waals surface area contributed by atoms with E-state index in [4.69, 9.17) is 0 Å². The van der Waals surface area contributed by atoms with Crippen LogP contribution in [0.4, 0.5) is 0 Å². The molecule has 21 heavy (non-hydrogen) atoms. The van der Waals surface area contributed by atoms with Gasteiger partial charge in [0.05, 0.1) is 0 Å². The fourth-order valence-corrected chi connectivity index (χ4v) is 2.29. The molecule has 0 fully saturated rings. The third-order valence-corrected chi connectivity index (χ3v) is 4.04. The molecule has 0 saturated carbocycles. The van der Waals surface area contributed by atoms with Gasteiger partial charge in [0.2, 0.25) is 0 Å². The molecular weight excluding hydrogens is 252 g/mol. The van der Waals surface area contributed by atoms with Gasteiger partial charge in [-0.05, 0) is 28.5 Å².